The maximum absolute atomic E-state index is 11.1. The number of halogens is 1. The van der Waals surface area contributed by atoms with Gasteiger partial charge < -0.3 is 9.47 Å². The third-order valence-corrected chi connectivity index (χ3v) is 5.15. The van der Waals surface area contributed by atoms with E-state index >= 15 is 0 Å². The van der Waals surface area contributed by atoms with Crippen LogP contribution in [0.3, 0.4) is 0 Å². The fourth-order valence-electron chi connectivity index (χ4n) is 3.59. The summed E-state index contributed by atoms with van der Waals surface area (Å²) < 4.78 is 10.8. The van der Waals surface area contributed by atoms with Crippen molar-refractivity contribution >= 4 is 17.3 Å². The van der Waals surface area contributed by atoms with E-state index in [0.717, 1.165) is 33.2 Å². The Kier molecular flexibility index (Phi) is 4.19. The van der Waals surface area contributed by atoms with Crippen LogP contribution in [0.1, 0.15) is 11.1 Å². The first-order valence-electron chi connectivity index (χ1n) is 8.99. The Hall–Kier alpha value is -3.02. The van der Waals surface area contributed by atoms with Crippen molar-refractivity contribution < 1.29 is 14.7 Å². The first-order valence-corrected chi connectivity index (χ1v) is 9.36. The largest absolute Gasteiger partial charge is 0.454 e. The van der Waals surface area contributed by atoms with Crippen LogP contribution in [0, 0.1) is 0 Å². The number of hydroxylamine groups is 2. The molecule has 5 rings (SSSR count). The molecule has 3 aromatic carbocycles. The average Bonchev–Trinajstić information content (AvgIpc) is 3.17. The maximum atomic E-state index is 11.1. The van der Waals surface area contributed by atoms with E-state index < -0.39 is 6.17 Å². The second kappa shape index (κ2) is 6.86. The molecule has 0 aromatic heterocycles. The Bertz CT molecular complexity index is 1160. The van der Waals surface area contributed by atoms with Crippen molar-refractivity contribution in [2.24, 2.45) is 4.99 Å². The molecule has 1 atom stereocenters. The van der Waals surface area contributed by atoms with Gasteiger partial charge in [0.15, 0.2) is 17.7 Å². The van der Waals surface area contributed by atoms with E-state index in [0.29, 0.717) is 17.1 Å². The van der Waals surface area contributed by atoms with Gasteiger partial charge in [-0.25, -0.2) is 5.06 Å². The van der Waals surface area contributed by atoms with E-state index in [2.05, 4.69) is 0 Å². The molecular formula is C22H17ClN2O3. The summed E-state index contributed by atoms with van der Waals surface area (Å²) in [4.78, 5) is 4.76. The first kappa shape index (κ1) is 17.1. The number of rotatable bonds is 3. The summed E-state index contributed by atoms with van der Waals surface area (Å²) in [5.74, 6) is 1.46. The molecule has 1 N–H and O–H groups in total. The zero-order chi connectivity index (χ0) is 19.1. The molecule has 0 fully saturated rings. The van der Waals surface area contributed by atoms with Gasteiger partial charge in [0.25, 0.3) is 0 Å². The number of benzene rings is 3. The molecule has 0 amide bonds. The SMILES string of the molecule is ON1C(c2ccccc2)=c2cc(Cl)ccc2=NC1Cc1ccc2c(c1)OCO2. The van der Waals surface area contributed by atoms with Gasteiger partial charge in [-0.3, -0.25) is 10.2 Å². The molecule has 140 valence electrons. The normalized spacial score (nSPS) is 17.3. The summed E-state index contributed by atoms with van der Waals surface area (Å²) >= 11 is 6.22. The highest BCUT2D eigenvalue weighted by atomic mass is 35.5. The molecule has 5 nitrogen and oxygen atoms in total. The molecule has 0 saturated carbocycles. The van der Waals surface area contributed by atoms with Crippen molar-refractivity contribution in [2.45, 2.75) is 12.6 Å². The molecule has 0 aliphatic carbocycles. The Morgan fingerprint density at radius 2 is 1.82 bits per heavy atom. The summed E-state index contributed by atoms with van der Waals surface area (Å²) in [6, 6.07) is 21.1. The Balaban J connectivity index is 1.59. The van der Waals surface area contributed by atoms with Gasteiger partial charge in [0.2, 0.25) is 6.79 Å². The molecule has 3 aromatic rings. The molecule has 0 bridgehead atoms. The highest BCUT2D eigenvalue weighted by Gasteiger charge is 2.25. The molecule has 2 heterocycles. The lowest BCUT2D eigenvalue weighted by Crippen LogP contribution is -2.45. The zero-order valence-electron chi connectivity index (χ0n) is 14.9. The lowest BCUT2D eigenvalue weighted by atomic mass is 10.0. The van der Waals surface area contributed by atoms with E-state index in [1.54, 1.807) is 0 Å². The van der Waals surface area contributed by atoms with Gasteiger partial charge in [-0.1, -0.05) is 48.0 Å². The fourth-order valence-corrected chi connectivity index (χ4v) is 3.76. The topological polar surface area (TPSA) is 54.3 Å². The summed E-state index contributed by atoms with van der Waals surface area (Å²) in [5.41, 5.74) is 2.60. The van der Waals surface area contributed by atoms with E-state index in [4.69, 9.17) is 26.1 Å². The van der Waals surface area contributed by atoms with E-state index in [-0.39, 0.29) is 6.79 Å². The summed E-state index contributed by atoms with van der Waals surface area (Å²) in [6.07, 6.45) is 0.0511. The van der Waals surface area contributed by atoms with Crippen molar-refractivity contribution in [2.75, 3.05) is 6.79 Å². The fraction of sp³-hybridized carbons (Fsp3) is 0.136. The van der Waals surface area contributed by atoms with Crippen LogP contribution in [-0.4, -0.2) is 23.2 Å². The smallest absolute Gasteiger partial charge is 0.231 e. The predicted molar refractivity (Wildman–Crippen MR) is 105 cm³/mol. The minimum atomic E-state index is -0.468. The number of hydrogen-bond donors (Lipinski definition) is 1. The Morgan fingerprint density at radius 1 is 1.00 bits per heavy atom. The van der Waals surface area contributed by atoms with Gasteiger partial charge in [0.05, 0.1) is 11.1 Å². The number of nitrogens with zero attached hydrogens (tertiary/aromatic N) is 2. The lowest BCUT2D eigenvalue weighted by Gasteiger charge is -2.30. The highest BCUT2D eigenvalue weighted by molar-refractivity contribution is 6.30. The molecule has 0 saturated heterocycles. The summed E-state index contributed by atoms with van der Waals surface area (Å²) in [6.45, 7) is 0.235. The van der Waals surface area contributed by atoms with Crippen LogP contribution in [-0.2, 0) is 6.42 Å². The summed E-state index contributed by atoms with van der Waals surface area (Å²) in [7, 11) is 0. The maximum Gasteiger partial charge on any atom is 0.231 e. The molecule has 1 unspecified atom stereocenters. The number of ether oxygens (including phenoxy) is 2. The standard InChI is InChI=1S/C22H17ClN2O3/c23-16-7-8-18-17(12-16)22(15-4-2-1-3-5-15)25(26)21(24-18)11-14-6-9-19-20(10-14)28-13-27-19/h1-10,12,21,26H,11,13H2. The lowest BCUT2D eigenvalue weighted by molar-refractivity contribution is -0.0669. The predicted octanol–water partition coefficient (Wildman–Crippen LogP) is 3.12. The van der Waals surface area contributed by atoms with Crippen LogP contribution >= 0.6 is 11.6 Å². The van der Waals surface area contributed by atoms with Crippen LogP contribution in [0.5, 0.6) is 11.5 Å². The van der Waals surface area contributed by atoms with Crippen LogP contribution in [0.2, 0.25) is 5.02 Å². The monoisotopic (exact) mass is 392 g/mol. The molecule has 2 aliphatic heterocycles. The van der Waals surface area contributed by atoms with E-state index in [1.165, 1.54) is 5.06 Å². The van der Waals surface area contributed by atoms with Crippen LogP contribution in [0.25, 0.3) is 5.70 Å². The zero-order valence-corrected chi connectivity index (χ0v) is 15.6. The van der Waals surface area contributed by atoms with Gasteiger partial charge in [0.1, 0.15) is 0 Å². The van der Waals surface area contributed by atoms with Crippen LogP contribution < -0.4 is 20.0 Å². The Labute approximate surface area is 166 Å². The quantitative estimate of drug-likeness (QED) is 0.744. The molecule has 6 heteroatoms. The van der Waals surface area contributed by atoms with Gasteiger partial charge >= 0.3 is 0 Å². The van der Waals surface area contributed by atoms with Crippen molar-refractivity contribution in [1.82, 2.24) is 5.06 Å². The van der Waals surface area contributed by atoms with E-state index in [1.807, 2.05) is 66.7 Å². The highest BCUT2D eigenvalue weighted by Crippen LogP contribution is 2.33. The first-order chi connectivity index (χ1) is 13.7. The van der Waals surface area contributed by atoms with E-state index in [9.17, 15) is 5.21 Å². The van der Waals surface area contributed by atoms with Crippen LogP contribution in [0.15, 0.2) is 71.7 Å². The Morgan fingerprint density at radius 3 is 2.68 bits per heavy atom. The molecule has 28 heavy (non-hydrogen) atoms. The summed E-state index contributed by atoms with van der Waals surface area (Å²) in [5, 5.41) is 14.5. The van der Waals surface area contributed by atoms with Gasteiger partial charge in [-0.2, -0.15) is 0 Å². The minimum absolute atomic E-state index is 0.235. The molecule has 0 radical (unpaired) electrons. The van der Waals surface area contributed by atoms with Crippen molar-refractivity contribution in [1.29, 1.82) is 0 Å². The number of fused-ring (bicyclic) bond motifs is 2. The second-order valence-corrected chi connectivity index (χ2v) is 7.16. The average molecular weight is 393 g/mol. The molecular weight excluding hydrogens is 376 g/mol. The van der Waals surface area contributed by atoms with Crippen molar-refractivity contribution in [3.8, 4) is 11.5 Å². The van der Waals surface area contributed by atoms with Crippen molar-refractivity contribution in [3.63, 3.8) is 0 Å². The second-order valence-electron chi connectivity index (χ2n) is 6.72. The third-order valence-electron chi connectivity index (χ3n) is 4.92. The van der Waals surface area contributed by atoms with Crippen molar-refractivity contribution in [3.05, 3.63) is 93.5 Å². The third kappa shape index (κ3) is 2.99. The molecule has 2 aliphatic rings. The van der Waals surface area contributed by atoms with Crippen LogP contribution in [0.4, 0.5) is 0 Å². The van der Waals surface area contributed by atoms with Gasteiger partial charge in [-0.15, -0.1) is 0 Å². The number of hydrogen-bond acceptors (Lipinski definition) is 5. The molecule has 0 spiro atoms. The van der Waals surface area contributed by atoms with Gasteiger partial charge in [-0.05, 0) is 35.9 Å². The van der Waals surface area contributed by atoms with Gasteiger partial charge in [0, 0.05) is 22.2 Å². The minimum Gasteiger partial charge on any atom is -0.454 e.